The molecule has 130 valence electrons. The molecule has 0 saturated carbocycles. The molecule has 0 saturated heterocycles. The van der Waals surface area contributed by atoms with Crippen molar-refractivity contribution in [2.45, 2.75) is 6.04 Å². The number of aromatic nitrogens is 2. The van der Waals surface area contributed by atoms with Gasteiger partial charge < -0.3 is 15.0 Å². The minimum atomic E-state index is -0.143. The molecule has 0 aliphatic heterocycles. The molecule has 0 radical (unpaired) electrons. The summed E-state index contributed by atoms with van der Waals surface area (Å²) >= 11 is 0. The second kappa shape index (κ2) is 7.36. The third-order valence-corrected chi connectivity index (χ3v) is 4.18. The summed E-state index contributed by atoms with van der Waals surface area (Å²) in [5, 5.41) is 3.83. The first-order chi connectivity index (χ1) is 12.1. The van der Waals surface area contributed by atoms with Crippen LogP contribution in [0.3, 0.4) is 0 Å². The highest BCUT2D eigenvalue weighted by molar-refractivity contribution is 5.78. The van der Waals surface area contributed by atoms with E-state index in [1.165, 1.54) is 0 Å². The number of methoxy groups -OCH3 is 1. The molecule has 6 heteroatoms. The molecule has 6 nitrogen and oxygen atoms in total. The third kappa shape index (κ3) is 3.80. The van der Waals surface area contributed by atoms with E-state index in [-0.39, 0.29) is 11.6 Å². The molecule has 0 amide bonds. The van der Waals surface area contributed by atoms with Gasteiger partial charge in [-0.05, 0) is 43.9 Å². The maximum atomic E-state index is 12.2. The maximum Gasteiger partial charge on any atom is 0.260 e. The molecule has 3 aromatic rings. The van der Waals surface area contributed by atoms with Crippen molar-refractivity contribution in [1.82, 2.24) is 14.9 Å². The number of H-pyrrole nitrogens is 1. The Labute approximate surface area is 146 Å². The van der Waals surface area contributed by atoms with Crippen LogP contribution in [-0.4, -0.2) is 42.6 Å². The van der Waals surface area contributed by atoms with Crippen LogP contribution in [0.2, 0.25) is 0 Å². The Balaban J connectivity index is 1.83. The van der Waals surface area contributed by atoms with Gasteiger partial charge in [0.1, 0.15) is 5.75 Å². The zero-order valence-electron chi connectivity index (χ0n) is 14.6. The Morgan fingerprint density at radius 1 is 1.20 bits per heavy atom. The van der Waals surface area contributed by atoms with Gasteiger partial charge in [-0.1, -0.05) is 24.3 Å². The van der Waals surface area contributed by atoms with Crippen molar-refractivity contribution in [1.29, 1.82) is 0 Å². The first-order valence-electron chi connectivity index (χ1n) is 8.12. The summed E-state index contributed by atoms with van der Waals surface area (Å²) in [4.78, 5) is 21.6. The third-order valence-electron chi connectivity index (χ3n) is 4.18. The van der Waals surface area contributed by atoms with Crippen LogP contribution in [0.15, 0.2) is 53.3 Å². The number of nitrogens with one attached hydrogen (secondary N) is 2. The lowest BCUT2D eigenvalue weighted by molar-refractivity contribution is 0.310. The second-order valence-corrected chi connectivity index (χ2v) is 6.07. The number of aromatic amines is 1. The van der Waals surface area contributed by atoms with Crippen LogP contribution in [0.1, 0.15) is 11.6 Å². The van der Waals surface area contributed by atoms with Crippen molar-refractivity contribution in [3.8, 4) is 5.75 Å². The van der Waals surface area contributed by atoms with Crippen LogP contribution < -0.4 is 15.6 Å². The summed E-state index contributed by atoms with van der Waals surface area (Å²) < 4.78 is 5.31. The molecule has 0 spiro atoms. The van der Waals surface area contributed by atoms with Crippen molar-refractivity contribution in [3.05, 3.63) is 64.4 Å². The summed E-state index contributed by atoms with van der Waals surface area (Å²) in [5.41, 5.74) is 1.66. The van der Waals surface area contributed by atoms with Crippen molar-refractivity contribution in [2.24, 2.45) is 0 Å². The summed E-state index contributed by atoms with van der Waals surface area (Å²) in [6.45, 7) is 0.599. The average Bonchev–Trinajstić information content (AvgIpc) is 2.62. The second-order valence-electron chi connectivity index (χ2n) is 6.07. The van der Waals surface area contributed by atoms with E-state index < -0.39 is 0 Å². The van der Waals surface area contributed by atoms with Crippen LogP contribution in [0, 0.1) is 0 Å². The van der Waals surface area contributed by atoms with Crippen LogP contribution in [0.25, 0.3) is 10.9 Å². The predicted octanol–water partition coefficient (Wildman–Crippen LogP) is 2.65. The molecule has 0 aliphatic rings. The van der Waals surface area contributed by atoms with Gasteiger partial charge in [0.15, 0.2) is 0 Å². The lowest BCUT2D eigenvalue weighted by Gasteiger charge is -2.25. The zero-order valence-corrected chi connectivity index (χ0v) is 14.6. The van der Waals surface area contributed by atoms with Gasteiger partial charge in [-0.25, -0.2) is 4.98 Å². The van der Waals surface area contributed by atoms with Crippen LogP contribution in [0.4, 0.5) is 5.95 Å². The molecular formula is C19H22N4O2. The van der Waals surface area contributed by atoms with Crippen molar-refractivity contribution in [2.75, 3.05) is 33.1 Å². The van der Waals surface area contributed by atoms with E-state index in [0.717, 1.165) is 11.3 Å². The fourth-order valence-electron chi connectivity index (χ4n) is 2.81. The predicted molar refractivity (Wildman–Crippen MR) is 100 cm³/mol. The number of ether oxygens (including phenoxy) is 1. The molecule has 0 aliphatic carbocycles. The van der Waals surface area contributed by atoms with Gasteiger partial charge in [0.25, 0.3) is 5.56 Å². The van der Waals surface area contributed by atoms with E-state index in [1.54, 1.807) is 13.2 Å². The number of fused-ring (bicyclic) bond motifs is 1. The molecule has 3 rings (SSSR count). The molecule has 1 aromatic heterocycles. The van der Waals surface area contributed by atoms with E-state index >= 15 is 0 Å². The molecule has 25 heavy (non-hydrogen) atoms. The SMILES string of the molecule is COc1cccc([C@H](CNc2nc3ccccc3c(=O)[nH]2)N(C)C)c1. The smallest absolute Gasteiger partial charge is 0.260 e. The van der Waals surface area contributed by atoms with Gasteiger partial charge in [0, 0.05) is 6.54 Å². The molecule has 0 bridgehead atoms. The molecule has 2 N–H and O–H groups in total. The van der Waals surface area contributed by atoms with Crippen molar-refractivity contribution in [3.63, 3.8) is 0 Å². The topological polar surface area (TPSA) is 70.2 Å². The number of para-hydroxylation sites is 1. The van der Waals surface area contributed by atoms with E-state index in [9.17, 15) is 4.79 Å². The van der Waals surface area contributed by atoms with Crippen molar-refractivity contribution < 1.29 is 4.74 Å². The number of rotatable bonds is 6. The lowest BCUT2D eigenvalue weighted by Crippen LogP contribution is -2.28. The summed E-state index contributed by atoms with van der Waals surface area (Å²) in [7, 11) is 5.69. The number of anilines is 1. The van der Waals surface area contributed by atoms with Gasteiger partial charge in [-0.15, -0.1) is 0 Å². The molecule has 1 atom stereocenters. The zero-order chi connectivity index (χ0) is 17.8. The highest BCUT2D eigenvalue weighted by Gasteiger charge is 2.15. The van der Waals surface area contributed by atoms with E-state index in [4.69, 9.17) is 4.74 Å². The quantitative estimate of drug-likeness (QED) is 0.723. The Hall–Kier alpha value is -2.86. The standard InChI is InChI=1S/C19H22N4O2/c1-23(2)17(13-7-6-8-14(11-13)25-3)12-20-19-21-16-10-5-4-9-15(16)18(24)22-19/h4-11,17H,12H2,1-3H3,(H2,20,21,22,24)/t17-/m0/s1. The van der Waals surface area contributed by atoms with E-state index in [2.05, 4.69) is 26.3 Å². The number of nitrogens with zero attached hydrogens (tertiary/aromatic N) is 2. The largest absolute Gasteiger partial charge is 0.497 e. The fourth-order valence-corrected chi connectivity index (χ4v) is 2.81. The van der Waals surface area contributed by atoms with Gasteiger partial charge in [0.05, 0.1) is 24.1 Å². The van der Waals surface area contributed by atoms with E-state index in [0.29, 0.717) is 23.4 Å². The number of benzene rings is 2. The van der Waals surface area contributed by atoms with Crippen LogP contribution in [-0.2, 0) is 0 Å². The summed E-state index contributed by atoms with van der Waals surface area (Å²) in [6.07, 6.45) is 0. The van der Waals surface area contributed by atoms with E-state index in [1.807, 2.05) is 50.5 Å². The molecule has 1 heterocycles. The Bertz CT molecular complexity index is 920. The Morgan fingerprint density at radius 2 is 2.00 bits per heavy atom. The fraction of sp³-hybridized carbons (Fsp3) is 0.263. The minimum Gasteiger partial charge on any atom is -0.497 e. The lowest BCUT2D eigenvalue weighted by atomic mass is 10.1. The summed E-state index contributed by atoms with van der Waals surface area (Å²) in [6, 6.07) is 15.4. The van der Waals surface area contributed by atoms with Gasteiger partial charge in [-0.2, -0.15) is 0 Å². The Kier molecular flexibility index (Phi) is 5.00. The first kappa shape index (κ1) is 17.0. The highest BCUT2D eigenvalue weighted by Crippen LogP contribution is 2.23. The van der Waals surface area contributed by atoms with Crippen molar-refractivity contribution >= 4 is 16.9 Å². The van der Waals surface area contributed by atoms with Gasteiger partial charge in [0.2, 0.25) is 5.95 Å². The minimum absolute atomic E-state index is 0.104. The number of hydrogen-bond donors (Lipinski definition) is 2. The average molecular weight is 338 g/mol. The number of hydrogen-bond acceptors (Lipinski definition) is 5. The monoisotopic (exact) mass is 338 g/mol. The summed E-state index contributed by atoms with van der Waals surface area (Å²) in [5.74, 6) is 1.29. The van der Waals surface area contributed by atoms with Crippen LogP contribution in [0.5, 0.6) is 5.75 Å². The Morgan fingerprint density at radius 3 is 2.76 bits per heavy atom. The highest BCUT2D eigenvalue weighted by atomic mass is 16.5. The number of likely N-dealkylation sites (N-methyl/N-ethyl adjacent to an activating group) is 1. The molecular weight excluding hydrogens is 316 g/mol. The first-order valence-corrected chi connectivity index (χ1v) is 8.12. The van der Waals surface area contributed by atoms with Gasteiger partial charge >= 0.3 is 0 Å². The molecule has 2 aromatic carbocycles. The van der Waals surface area contributed by atoms with Crippen LogP contribution >= 0.6 is 0 Å². The van der Waals surface area contributed by atoms with Gasteiger partial charge in [-0.3, -0.25) is 9.78 Å². The molecule has 0 fully saturated rings. The molecule has 0 unspecified atom stereocenters. The maximum absolute atomic E-state index is 12.2. The normalized spacial score (nSPS) is 12.3.